The van der Waals surface area contributed by atoms with Crippen LogP contribution in [-0.2, 0) is 9.53 Å². The van der Waals surface area contributed by atoms with Gasteiger partial charge in [0.15, 0.2) is 0 Å². The molecule has 1 atom stereocenters. The van der Waals surface area contributed by atoms with Crippen LogP contribution in [0, 0.1) is 5.92 Å². The number of carboxylic acids is 1. The van der Waals surface area contributed by atoms with Crippen molar-refractivity contribution in [3.63, 3.8) is 0 Å². The summed E-state index contributed by atoms with van der Waals surface area (Å²) >= 11 is 0. The van der Waals surface area contributed by atoms with Crippen molar-refractivity contribution in [1.82, 2.24) is 9.80 Å². The molecule has 1 fully saturated rings. The van der Waals surface area contributed by atoms with Crippen LogP contribution in [0.2, 0.25) is 0 Å². The predicted octanol–water partition coefficient (Wildman–Crippen LogP) is 4.05. The third-order valence-electron chi connectivity index (χ3n) is 6.40. The minimum absolute atomic E-state index is 0.0125. The van der Waals surface area contributed by atoms with Crippen LogP contribution >= 0.6 is 0 Å². The number of fused-ring (bicyclic) bond motifs is 3. The zero-order valence-electron chi connectivity index (χ0n) is 18.2. The standard InChI is InChI=1S/C25H30N2O4/c1-17(2)23(24(28)29)26-12-7-13-27(15-14-26)25(30)31-16-22-20-10-5-3-8-18(20)19-9-4-6-11-21(19)22/h3-6,8-11,17,22-23H,7,12-16H2,1-2H3,(H,28,29)/t23-/m0/s1. The number of nitrogens with zero attached hydrogens (tertiary/aromatic N) is 2. The number of carbonyl (C=O) groups excluding carboxylic acids is 1. The van der Waals surface area contributed by atoms with Crippen LogP contribution in [0.1, 0.15) is 37.3 Å². The van der Waals surface area contributed by atoms with E-state index in [1.165, 1.54) is 22.3 Å². The molecular weight excluding hydrogens is 392 g/mol. The van der Waals surface area contributed by atoms with Crippen LogP contribution in [0.3, 0.4) is 0 Å². The molecule has 6 heteroatoms. The molecule has 31 heavy (non-hydrogen) atoms. The maximum absolute atomic E-state index is 12.8. The van der Waals surface area contributed by atoms with Crippen LogP contribution in [0.25, 0.3) is 11.1 Å². The maximum atomic E-state index is 12.8. The molecule has 0 aromatic heterocycles. The van der Waals surface area contributed by atoms with Gasteiger partial charge in [0.1, 0.15) is 12.6 Å². The molecule has 1 saturated heterocycles. The van der Waals surface area contributed by atoms with E-state index in [0.29, 0.717) is 32.8 Å². The lowest BCUT2D eigenvalue weighted by Crippen LogP contribution is -2.46. The number of amides is 1. The number of rotatable bonds is 5. The fraction of sp³-hybridized carbons (Fsp3) is 0.440. The summed E-state index contributed by atoms with van der Waals surface area (Å²) in [5.74, 6) is -0.750. The van der Waals surface area contributed by atoms with Crippen molar-refractivity contribution in [3.05, 3.63) is 59.7 Å². The average molecular weight is 423 g/mol. The number of benzene rings is 2. The fourth-order valence-electron chi connectivity index (χ4n) is 4.95. The van der Waals surface area contributed by atoms with Crippen LogP contribution in [0.4, 0.5) is 4.79 Å². The summed E-state index contributed by atoms with van der Waals surface area (Å²) in [6, 6.07) is 16.0. The van der Waals surface area contributed by atoms with Crippen molar-refractivity contribution < 1.29 is 19.4 Å². The van der Waals surface area contributed by atoms with E-state index < -0.39 is 12.0 Å². The topological polar surface area (TPSA) is 70.1 Å². The lowest BCUT2D eigenvalue weighted by atomic mass is 9.98. The number of ether oxygens (including phenoxy) is 1. The summed E-state index contributed by atoms with van der Waals surface area (Å²) < 4.78 is 5.78. The van der Waals surface area contributed by atoms with E-state index in [0.717, 1.165) is 6.42 Å². The number of hydrogen-bond acceptors (Lipinski definition) is 4. The van der Waals surface area contributed by atoms with Gasteiger partial charge in [-0.2, -0.15) is 0 Å². The van der Waals surface area contributed by atoms with E-state index >= 15 is 0 Å². The van der Waals surface area contributed by atoms with Crippen LogP contribution in [0.15, 0.2) is 48.5 Å². The molecule has 1 N–H and O–H groups in total. The van der Waals surface area contributed by atoms with Gasteiger partial charge in [-0.05, 0) is 34.6 Å². The van der Waals surface area contributed by atoms with Gasteiger partial charge >= 0.3 is 12.1 Å². The molecule has 0 bridgehead atoms. The highest BCUT2D eigenvalue weighted by Crippen LogP contribution is 2.44. The van der Waals surface area contributed by atoms with E-state index in [4.69, 9.17) is 4.74 Å². The molecule has 164 valence electrons. The third-order valence-corrected chi connectivity index (χ3v) is 6.40. The first-order chi connectivity index (χ1) is 15.0. The van der Waals surface area contributed by atoms with E-state index in [2.05, 4.69) is 24.3 Å². The predicted molar refractivity (Wildman–Crippen MR) is 119 cm³/mol. The van der Waals surface area contributed by atoms with Crippen LogP contribution in [0.5, 0.6) is 0 Å². The summed E-state index contributed by atoms with van der Waals surface area (Å²) in [5, 5.41) is 9.58. The quantitative estimate of drug-likeness (QED) is 0.787. The second-order valence-corrected chi connectivity index (χ2v) is 8.71. The van der Waals surface area contributed by atoms with Crippen molar-refractivity contribution in [2.45, 2.75) is 32.2 Å². The van der Waals surface area contributed by atoms with Crippen molar-refractivity contribution in [3.8, 4) is 11.1 Å². The van der Waals surface area contributed by atoms with Gasteiger partial charge in [0.25, 0.3) is 0 Å². The van der Waals surface area contributed by atoms with E-state index in [-0.39, 0.29) is 17.9 Å². The molecule has 1 heterocycles. The van der Waals surface area contributed by atoms with Crippen molar-refractivity contribution in [2.75, 3.05) is 32.8 Å². The molecule has 4 rings (SSSR count). The molecule has 0 spiro atoms. The summed E-state index contributed by atoms with van der Waals surface area (Å²) in [6.45, 7) is 6.42. The van der Waals surface area contributed by atoms with Gasteiger partial charge in [-0.25, -0.2) is 4.79 Å². The molecular formula is C25H30N2O4. The Labute approximate surface area is 183 Å². The number of carbonyl (C=O) groups is 2. The van der Waals surface area contributed by atoms with E-state index in [1.54, 1.807) is 4.90 Å². The van der Waals surface area contributed by atoms with E-state index in [9.17, 15) is 14.7 Å². The number of aliphatic carboxylic acids is 1. The molecule has 2 aromatic carbocycles. The zero-order chi connectivity index (χ0) is 22.0. The first-order valence-electron chi connectivity index (χ1n) is 11.0. The Kier molecular flexibility index (Phi) is 6.28. The maximum Gasteiger partial charge on any atom is 0.409 e. The molecule has 2 aromatic rings. The largest absolute Gasteiger partial charge is 0.480 e. The number of hydrogen-bond donors (Lipinski definition) is 1. The Morgan fingerprint density at radius 1 is 0.968 bits per heavy atom. The Morgan fingerprint density at radius 2 is 1.58 bits per heavy atom. The fourth-order valence-corrected chi connectivity index (χ4v) is 4.95. The molecule has 0 saturated carbocycles. The molecule has 0 radical (unpaired) electrons. The summed E-state index contributed by atoms with van der Waals surface area (Å²) in [5.41, 5.74) is 4.80. The molecule has 1 aliphatic heterocycles. The SMILES string of the molecule is CC(C)[C@@H](C(=O)O)N1CCCN(C(=O)OCC2c3ccccc3-c3ccccc32)CC1. The molecule has 0 unspecified atom stereocenters. The second-order valence-electron chi connectivity index (χ2n) is 8.71. The second kappa shape index (κ2) is 9.10. The Morgan fingerprint density at radius 3 is 2.16 bits per heavy atom. The highest BCUT2D eigenvalue weighted by atomic mass is 16.6. The Bertz CT molecular complexity index is 913. The minimum Gasteiger partial charge on any atom is -0.480 e. The Balaban J connectivity index is 1.40. The van der Waals surface area contributed by atoms with Gasteiger partial charge in [0.05, 0.1) is 0 Å². The lowest BCUT2D eigenvalue weighted by molar-refractivity contribution is -0.145. The normalized spacial score (nSPS) is 17.7. The van der Waals surface area contributed by atoms with Gasteiger partial charge < -0.3 is 14.7 Å². The highest BCUT2D eigenvalue weighted by Gasteiger charge is 2.32. The Hall–Kier alpha value is -2.86. The first-order valence-corrected chi connectivity index (χ1v) is 11.0. The van der Waals surface area contributed by atoms with Gasteiger partial charge in [-0.3, -0.25) is 9.69 Å². The summed E-state index contributed by atoms with van der Waals surface area (Å²) in [7, 11) is 0. The van der Waals surface area contributed by atoms with Gasteiger partial charge in [0.2, 0.25) is 0 Å². The molecule has 1 amide bonds. The van der Waals surface area contributed by atoms with Gasteiger partial charge in [-0.1, -0.05) is 62.4 Å². The number of carboxylic acid groups (broad SMARTS) is 1. The van der Waals surface area contributed by atoms with Crippen molar-refractivity contribution >= 4 is 12.1 Å². The van der Waals surface area contributed by atoms with Crippen LogP contribution in [-0.4, -0.2) is 65.8 Å². The van der Waals surface area contributed by atoms with Gasteiger partial charge in [-0.15, -0.1) is 0 Å². The summed E-state index contributed by atoms with van der Waals surface area (Å²) in [6.07, 6.45) is 0.417. The lowest BCUT2D eigenvalue weighted by Gasteiger charge is -2.30. The van der Waals surface area contributed by atoms with Crippen molar-refractivity contribution in [2.24, 2.45) is 5.92 Å². The third kappa shape index (κ3) is 4.30. The van der Waals surface area contributed by atoms with Crippen LogP contribution < -0.4 is 0 Å². The van der Waals surface area contributed by atoms with Crippen molar-refractivity contribution in [1.29, 1.82) is 0 Å². The monoisotopic (exact) mass is 422 g/mol. The first kappa shape index (κ1) is 21.4. The minimum atomic E-state index is -0.801. The molecule has 2 aliphatic rings. The molecule has 1 aliphatic carbocycles. The summed E-state index contributed by atoms with van der Waals surface area (Å²) in [4.78, 5) is 28.2. The van der Waals surface area contributed by atoms with E-state index in [1.807, 2.05) is 43.0 Å². The average Bonchev–Trinajstić information content (AvgIpc) is 2.88. The molecule has 6 nitrogen and oxygen atoms in total. The zero-order valence-corrected chi connectivity index (χ0v) is 18.2. The highest BCUT2D eigenvalue weighted by molar-refractivity contribution is 5.79. The smallest absolute Gasteiger partial charge is 0.409 e. The van der Waals surface area contributed by atoms with Gasteiger partial charge in [0, 0.05) is 32.1 Å².